The van der Waals surface area contributed by atoms with Crippen molar-refractivity contribution in [3.63, 3.8) is 0 Å². The van der Waals surface area contributed by atoms with E-state index in [1.54, 1.807) is 0 Å². The second-order valence-corrected chi connectivity index (χ2v) is 9.37. The molecule has 3 aromatic rings. The van der Waals surface area contributed by atoms with Gasteiger partial charge in [0.15, 0.2) is 0 Å². The average molecular weight is 425 g/mol. The first-order valence-electron chi connectivity index (χ1n) is 12.1. The molecule has 32 heavy (non-hydrogen) atoms. The first-order chi connectivity index (χ1) is 15.7. The summed E-state index contributed by atoms with van der Waals surface area (Å²) >= 11 is 0. The molecule has 4 heteroatoms. The summed E-state index contributed by atoms with van der Waals surface area (Å²) in [6.45, 7) is 8.28. The van der Waals surface area contributed by atoms with Crippen molar-refractivity contribution in [3.05, 3.63) is 65.4 Å². The van der Waals surface area contributed by atoms with Crippen LogP contribution >= 0.6 is 0 Å². The number of piperidine rings is 2. The zero-order valence-corrected chi connectivity index (χ0v) is 19.1. The van der Waals surface area contributed by atoms with Gasteiger partial charge in [-0.25, -0.2) is 4.98 Å². The Morgan fingerprint density at radius 3 is 2.44 bits per heavy atom. The number of hydrogen-bond donors (Lipinski definition) is 0. The lowest BCUT2D eigenvalue weighted by Crippen LogP contribution is -2.46. The smallest absolute Gasteiger partial charge is 0.141 e. The third-order valence-electron chi connectivity index (χ3n) is 7.44. The first kappa shape index (κ1) is 21.1. The molecule has 0 saturated carbocycles. The van der Waals surface area contributed by atoms with E-state index in [1.165, 1.54) is 80.5 Å². The summed E-state index contributed by atoms with van der Waals surface area (Å²) in [5, 5.41) is 10.3. The molecule has 5 rings (SSSR count). The maximum absolute atomic E-state index is 9.19. The lowest BCUT2D eigenvalue weighted by atomic mass is 9.93. The molecule has 2 aliphatic rings. The van der Waals surface area contributed by atoms with Gasteiger partial charge in [-0.1, -0.05) is 36.8 Å². The van der Waals surface area contributed by atoms with Crippen molar-refractivity contribution in [3.8, 4) is 17.2 Å². The third-order valence-corrected chi connectivity index (χ3v) is 7.44. The van der Waals surface area contributed by atoms with Gasteiger partial charge in [0.25, 0.3) is 0 Å². The molecule has 0 bridgehead atoms. The quantitative estimate of drug-likeness (QED) is 0.552. The monoisotopic (exact) mass is 424 g/mol. The van der Waals surface area contributed by atoms with E-state index in [0.717, 1.165) is 23.5 Å². The van der Waals surface area contributed by atoms with Gasteiger partial charge in [0.1, 0.15) is 11.8 Å². The van der Waals surface area contributed by atoms with Crippen LogP contribution in [0.1, 0.15) is 48.9 Å². The Hall–Kier alpha value is -2.74. The maximum Gasteiger partial charge on any atom is 0.141 e. The molecule has 3 heterocycles. The zero-order valence-electron chi connectivity index (χ0n) is 19.1. The molecule has 2 aliphatic heterocycles. The third kappa shape index (κ3) is 4.28. The van der Waals surface area contributed by atoms with Crippen molar-refractivity contribution >= 4 is 10.9 Å². The van der Waals surface area contributed by atoms with E-state index in [-0.39, 0.29) is 0 Å². The fourth-order valence-corrected chi connectivity index (χ4v) is 5.57. The van der Waals surface area contributed by atoms with Crippen LogP contribution in [0.15, 0.2) is 48.5 Å². The Morgan fingerprint density at radius 2 is 1.66 bits per heavy atom. The standard InChI is InChI=1S/C28H32N4/c1-21-22(20-31-17-13-24(14-18-31)32-15-3-2-4-16-32)7-5-8-25(21)26-9-6-10-28-27(26)12-11-23(19-29)30-28/h5-12,24H,2-4,13-18,20H2,1H3. The normalized spacial score (nSPS) is 18.6. The van der Waals surface area contributed by atoms with E-state index in [1.807, 2.05) is 24.3 Å². The molecule has 0 radical (unpaired) electrons. The molecule has 2 fully saturated rings. The number of rotatable bonds is 4. The highest BCUT2D eigenvalue weighted by atomic mass is 15.2. The van der Waals surface area contributed by atoms with Gasteiger partial charge in [0.2, 0.25) is 0 Å². The molecule has 0 N–H and O–H groups in total. The van der Waals surface area contributed by atoms with Gasteiger partial charge < -0.3 is 4.90 Å². The van der Waals surface area contributed by atoms with Crippen LogP contribution in [-0.4, -0.2) is 47.0 Å². The predicted octanol–water partition coefficient (Wildman–Crippen LogP) is 5.53. The van der Waals surface area contributed by atoms with Crippen molar-refractivity contribution < 1.29 is 0 Å². The maximum atomic E-state index is 9.19. The minimum Gasteiger partial charge on any atom is -0.300 e. The second kappa shape index (κ2) is 9.40. The fraction of sp³-hybridized carbons (Fsp3) is 0.429. The van der Waals surface area contributed by atoms with Gasteiger partial charge in [0.05, 0.1) is 5.52 Å². The predicted molar refractivity (Wildman–Crippen MR) is 130 cm³/mol. The summed E-state index contributed by atoms with van der Waals surface area (Å²) in [5.74, 6) is 0. The largest absolute Gasteiger partial charge is 0.300 e. The van der Waals surface area contributed by atoms with E-state index >= 15 is 0 Å². The van der Waals surface area contributed by atoms with Crippen molar-refractivity contribution in [1.82, 2.24) is 14.8 Å². The average Bonchev–Trinajstić information content (AvgIpc) is 2.85. The topological polar surface area (TPSA) is 43.2 Å². The van der Waals surface area contributed by atoms with E-state index in [9.17, 15) is 5.26 Å². The zero-order chi connectivity index (χ0) is 21.9. The molecule has 2 aromatic carbocycles. The van der Waals surface area contributed by atoms with Crippen LogP contribution in [0.2, 0.25) is 0 Å². The van der Waals surface area contributed by atoms with Crippen LogP contribution in [0.3, 0.4) is 0 Å². The Kier molecular flexibility index (Phi) is 6.21. The minimum absolute atomic E-state index is 0.466. The van der Waals surface area contributed by atoms with Gasteiger partial charge >= 0.3 is 0 Å². The highest BCUT2D eigenvalue weighted by Crippen LogP contribution is 2.32. The van der Waals surface area contributed by atoms with E-state index in [0.29, 0.717) is 5.69 Å². The summed E-state index contributed by atoms with van der Waals surface area (Å²) in [6, 6.07) is 19.7. The first-order valence-corrected chi connectivity index (χ1v) is 12.1. The van der Waals surface area contributed by atoms with Crippen LogP contribution < -0.4 is 0 Å². The number of fused-ring (bicyclic) bond motifs is 1. The van der Waals surface area contributed by atoms with Gasteiger partial charge in [-0.05, 0) is 99.2 Å². The Morgan fingerprint density at radius 1 is 0.906 bits per heavy atom. The van der Waals surface area contributed by atoms with Crippen LogP contribution in [0.5, 0.6) is 0 Å². The summed E-state index contributed by atoms with van der Waals surface area (Å²) in [5.41, 5.74) is 6.57. The minimum atomic E-state index is 0.466. The molecule has 0 atom stereocenters. The molecular formula is C28H32N4. The fourth-order valence-electron chi connectivity index (χ4n) is 5.57. The summed E-state index contributed by atoms with van der Waals surface area (Å²) < 4.78 is 0. The lowest BCUT2D eigenvalue weighted by molar-refractivity contribution is 0.0896. The number of hydrogen-bond acceptors (Lipinski definition) is 4. The number of nitriles is 1. The van der Waals surface area contributed by atoms with Crippen LogP contribution in [-0.2, 0) is 6.54 Å². The molecule has 4 nitrogen and oxygen atoms in total. The number of benzene rings is 2. The van der Waals surface area contributed by atoms with Gasteiger partial charge in [-0.2, -0.15) is 5.26 Å². The molecule has 0 spiro atoms. The molecule has 2 saturated heterocycles. The highest BCUT2D eigenvalue weighted by Gasteiger charge is 2.25. The number of aromatic nitrogens is 1. The Labute approximate surface area is 191 Å². The lowest BCUT2D eigenvalue weighted by Gasteiger charge is -2.40. The Bertz CT molecular complexity index is 1130. The molecule has 0 unspecified atom stereocenters. The van der Waals surface area contributed by atoms with E-state index < -0.39 is 0 Å². The van der Waals surface area contributed by atoms with Crippen molar-refractivity contribution in [2.45, 2.75) is 51.6 Å². The van der Waals surface area contributed by atoms with Crippen molar-refractivity contribution in [2.75, 3.05) is 26.2 Å². The molecule has 0 aliphatic carbocycles. The number of pyridine rings is 1. The molecular weight excluding hydrogens is 392 g/mol. The number of likely N-dealkylation sites (tertiary alicyclic amines) is 2. The van der Waals surface area contributed by atoms with Gasteiger partial charge in [0, 0.05) is 18.0 Å². The SMILES string of the molecule is Cc1c(CN2CCC(N3CCCCC3)CC2)cccc1-c1cccc2nc(C#N)ccc12. The van der Waals surface area contributed by atoms with E-state index in [4.69, 9.17) is 0 Å². The molecule has 1 aromatic heterocycles. The van der Waals surface area contributed by atoms with Crippen LogP contribution in [0.4, 0.5) is 0 Å². The van der Waals surface area contributed by atoms with Crippen LogP contribution in [0, 0.1) is 18.3 Å². The molecule has 0 amide bonds. The van der Waals surface area contributed by atoms with E-state index in [2.05, 4.69) is 52.0 Å². The van der Waals surface area contributed by atoms with Crippen LogP contribution in [0.25, 0.3) is 22.0 Å². The Balaban J connectivity index is 1.34. The summed E-state index contributed by atoms with van der Waals surface area (Å²) in [4.78, 5) is 9.88. The van der Waals surface area contributed by atoms with Crippen molar-refractivity contribution in [2.24, 2.45) is 0 Å². The van der Waals surface area contributed by atoms with Crippen molar-refractivity contribution in [1.29, 1.82) is 5.26 Å². The number of nitrogens with zero attached hydrogens (tertiary/aromatic N) is 4. The summed E-state index contributed by atoms with van der Waals surface area (Å²) in [6.07, 6.45) is 6.78. The van der Waals surface area contributed by atoms with Gasteiger partial charge in [-0.15, -0.1) is 0 Å². The molecule has 164 valence electrons. The highest BCUT2D eigenvalue weighted by molar-refractivity contribution is 5.95. The van der Waals surface area contributed by atoms with Gasteiger partial charge in [-0.3, -0.25) is 4.90 Å². The summed E-state index contributed by atoms with van der Waals surface area (Å²) in [7, 11) is 0. The second-order valence-electron chi connectivity index (χ2n) is 9.37.